The van der Waals surface area contributed by atoms with Crippen LogP contribution < -0.4 is 5.73 Å². The van der Waals surface area contributed by atoms with E-state index in [4.69, 9.17) is 17.3 Å². The first kappa shape index (κ1) is 15.7. The van der Waals surface area contributed by atoms with Crippen LogP contribution in [0.15, 0.2) is 54.6 Å². The Balaban J connectivity index is 2.02. The predicted octanol–water partition coefficient (Wildman–Crippen LogP) is 3.97. The maximum atomic E-state index is 13.1. The molecular weight excluding hydrogens is 313 g/mol. The summed E-state index contributed by atoms with van der Waals surface area (Å²) in [5.41, 5.74) is 9.59. The molecule has 0 aliphatic carbocycles. The molecule has 0 fully saturated rings. The van der Waals surface area contributed by atoms with Crippen molar-refractivity contribution in [3.8, 4) is 11.3 Å². The first-order valence-corrected chi connectivity index (χ1v) is 7.72. The molecule has 3 rings (SSSR count). The molecule has 5 heteroatoms. The first-order valence-electron chi connectivity index (χ1n) is 7.34. The molecule has 0 saturated heterocycles. The Morgan fingerprint density at radius 1 is 1.17 bits per heavy atom. The number of hydrogen-bond donors (Lipinski definition) is 1. The number of hydrogen-bond acceptors (Lipinski definition) is 2. The highest BCUT2D eigenvalue weighted by Crippen LogP contribution is 2.31. The topological polar surface area (TPSA) is 43.8 Å². The second-order valence-corrected chi connectivity index (χ2v) is 5.80. The van der Waals surface area contributed by atoms with Crippen LogP contribution in [0.3, 0.4) is 0 Å². The fraction of sp³-hybridized carbons (Fsp3) is 0.167. The van der Waals surface area contributed by atoms with E-state index >= 15 is 0 Å². The minimum absolute atomic E-state index is 0.0459. The summed E-state index contributed by atoms with van der Waals surface area (Å²) < 4.78 is 14.9. The Morgan fingerprint density at radius 3 is 2.52 bits per heavy atom. The van der Waals surface area contributed by atoms with Crippen molar-refractivity contribution in [3.63, 3.8) is 0 Å². The zero-order chi connectivity index (χ0) is 16.4. The SMILES string of the molecule is Cn1nc(-c2ccc(F)cc2)cc1C(CN)c1ccccc1Cl. The van der Waals surface area contributed by atoms with Gasteiger partial charge in [-0.05, 0) is 42.0 Å². The van der Waals surface area contributed by atoms with Gasteiger partial charge in [0.05, 0.1) is 5.69 Å². The molecule has 0 saturated carbocycles. The zero-order valence-electron chi connectivity index (χ0n) is 12.7. The summed E-state index contributed by atoms with van der Waals surface area (Å²) in [5, 5.41) is 5.22. The number of aryl methyl sites for hydroxylation is 1. The van der Waals surface area contributed by atoms with E-state index in [1.54, 1.807) is 16.8 Å². The average molecular weight is 330 g/mol. The molecule has 2 N–H and O–H groups in total. The van der Waals surface area contributed by atoms with Crippen molar-refractivity contribution >= 4 is 11.6 Å². The minimum atomic E-state index is -0.263. The van der Waals surface area contributed by atoms with Crippen LogP contribution in [0, 0.1) is 5.82 Å². The van der Waals surface area contributed by atoms with Gasteiger partial charge in [0.25, 0.3) is 0 Å². The standard InChI is InChI=1S/C18H17ClFN3/c1-23-18(15(11-21)14-4-2-3-5-16(14)19)10-17(22-23)12-6-8-13(20)9-7-12/h2-10,15H,11,21H2,1H3. The molecule has 118 valence electrons. The lowest BCUT2D eigenvalue weighted by atomic mass is 9.95. The van der Waals surface area contributed by atoms with Crippen LogP contribution in [0.4, 0.5) is 4.39 Å². The van der Waals surface area contributed by atoms with E-state index in [1.807, 2.05) is 37.4 Å². The number of benzene rings is 2. The van der Waals surface area contributed by atoms with Crippen LogP contribution in [-0.2, 0) is 7.05 Å². The third-order valence-electron chi connectivity index (χ3n) is 3.93. The number of nitrogens with two attached hydrogens (primary N) is 1. The molecule has 0 spiro atoms. The van der Waals surface area contributed by atoms with Crippen LogP contribution >= 0.6 is 11.6 Å². The number of rotatable bonds is 4. The normalized spacial score (nSPS) is 12.3. The van der Waals surface area contributed by atoms with E-state index in [2.05, 4.69) is 5.10 Å². The molecule has 2 aromatic carbocycles. The maximum absolute atomic E-state index is 13.1. The van der Waals surface area contributed by atoms with Gasteiger partial charge in [-0.2, -0.15) is 5.10 Å². The van der Waals surface area contributed by atoms with Crippen LogP contribution in [0.25, 0.3) is 11.3 Å². The van der Waals surface area contributed by atoms with Crippen LogP contribution in [0.2, 0.25) is 5.02 Å². The highest BCUT2D eigenvalue weighted by Gasteiger charge is 2.20. The summed E-state index contributed by atoms with van der Waals surface area (Å²) in [7, 11) is 1.88. The van der Waals surface area contributed by atoms with Gasteiger partial charge >= 0.3 is 0 Å². The van der Waals surface area contributed by atoms with Gasteiger partial charge in [0.15, 0.2) is 0 Å². The maximum Gasteiger partial charge on any atom is 0.123 e. The number of aromatic nitrogens is 2. The molecule has 0 amide bonds. The Bertz CT molecular complexity index is 811. The van der Waals surface area contributed by atoms with Crippen LogP contribution in [-0.4, -0.2) is 16.3 Å². The lowest BCUT2D eigenvalue weighted by Crippen LogP contribution is -2.17. The summed E-state index contributed by atoms with van der Waals surface area (Å²) in [6.07, 6.45) is 0. The van der Waals surface area contributed by atoms with E-state index in [0.29, 0.717) is 11.6 Å². The Kier molecular flexibility index (Phi) is 4.46. The van der Waals surface area contributed by atoms with Crippen molar-refractivity contribution < 1.29 is 4.39 Å². The summed E-state index contributed by atoms with van der Waals surface area (Å²) in [4.78, 5) is 0. The third-order valence-corrected chi connectivity index (χ3v) is 4.27. The van der Waals surface area contributed by atoms with Gasteiger partial charge in [-0.25, -0.2) is 4.39 Å². The van der Waals surface area contributed by atoms with Gasteiger partial charge in [-0.3, -0.25) is 4.68 Å². The summed E-state index contributed by atoms with van der Waals surface area (Å²) >= 11 is 6.31. The number of halogens is 2. The molecule has 3 aromatic rings. The predicted molar refractivity (Wildman–Crippen MR) is 91.0 cm³/mol. The average Bonchev–Trinajstić information content (AvgIpc) is 2.92. The van der Waals surface area contributed by atoms with Gasteiger partial charge in [0.1, 0.15) is 5.82 Å². The second kappa shape index (κ2) is 6.52. The molecule has 1 heterocycles. The van der Waals surface area contributed by atoms with Crippen molar-refractivity contribution in [2.75, 3.05) is 6.54 Å². The lowest BCUT2D eigenvalue weighted by molar-refractivity contribution is 0.628. The molecule has 1 atom stereocenters. The molecule has 0 bridgehead atoms. The van der Waals surface area contributed by atoms with Gasteiger partial charge in [-0.1, -0.05) is 29.8 Å². The molecule has 0 aliphatic heterocycles. The largest absolute Gasteiger partial charge is 0.329 e. The third kappa shape index (κ3) is 3.14. The smallest absolute Gasteiger partial charge is 0.123 e. The van der Waals surface area contributed by atoms with Crippen molar-refractivity contribution in [3.05, 3.63) is 76.7 Å². The van der Waals surface area contributed by atoms with Gasteiger partial charge in [-0.15, -0.1) is 0 Å². The van der Waals surface area contributed by atoms with Gasteiger partial charge in [0.2, 0.25) is 0 Å². The minimum Gasteiger partial charge on any atom is -0.329 e. The fourth-order valence-corrected chi connectivity index (χ4v) is 3.00. The van der Waals surface area contributed by atoms with E-state index in [0.717, 1.165) is 22.5 Å². The van der Waals surface area contributed by atoms with E-state index in [1.165, 1.54) is 12.1 Å². The molecule has 0 aliphatic rings. The highest BCUT2D eigenvalue weighted by molar-refractivity contribution is 6.31. The molecule has 1 unspecified atom stereocenters. The van der Waals surface area contributed by atoms with Crippen molar-refractivity contribution in [2.45, 2.75) is 5.92 Å². The molecule has 0 radical (unpaired) electrons. The first-order chi connectivity index (χ1) is 11.1. The zero-order valence-corrected chi connectivity index (χ0v) is 13.5. The number of nitrogens with zero attached hydrogens (tertiary/aromatic N) is 2. The van der Waals surface area contributed by atoms with Crippen molar-refractivity contribution in [1.82, 2.24) is 9.78 Å². The fourth-order valence-electron chi connectivity index (χ4n) is 2.73. The lowest BCUT2D eigenvalue weighted by Gasteiger charge is -2.16. The molecule has 1 aromatic heterocycles. The Morgan fingerprint density at radius 2 is 1.87 bits per heavy atom. The monoisotopic (exact) mass is 329 g/mol. The molecule has 3 nitrogen and oxygen atoms in total. The highest BCUT2D eigenvalue weighted by atomic mass is 35.5. The van der Waals surface area contributed by atoms with Gasteiger partial charge < -0.3 is 5.73 Å². The quantitative estimate of drug-likeness (QED) is 0.787. The summed E-state index contributed by atoms with van der Waals surface area (Å²) in [6, 6.07) is 15.9. The Hall–Kier alpha value is -2.17. The molecule has 23 heavy (non-hydrogen) atoms. The van der Waals surface area contributed by atoms with Crippen molar-refractivity contribution in [1.29, 1.82) is 0 Å². The van der Waals surface area contributed by atoms with Crippen molar-refractivity contribution in [2.24, 2.45) is 12.8 Å². The summed E-state index contributed by atoms with van der Waals surface area (Å²) in [5.74, 6) is -0.309. The van der Waals surface area contributed by atoms with E-state index in [9.17, 15) is 4.39 Å². The van der Waals surface area contributed by atoms with Gasteiger partial charge in [0, 0.05) is 35.8 Å². The summed E-state index contributed by atoms with van der Waals surface area (Å²) in [6.45, 7) is 0.423. The van der Waals surface area contributed by atoms with E-state index in [-0.39, 0.29) is 11.7 Å². The van der Waals surface area contributed by atoms with Crippen LogP contribution in [0.5, 0.6) is 0 Å². The van der Waals surface area contributed by atoms with Crippen LogP contribution in [0.1, 0.15) is 17.2 Å². The Labute approximate surface area is 139 Å². The second-order valence-electron chi connectivity index (χ2n) is 5.39. The van der Waals surface area contributed by atoms with E-state index < -0.39 is 0 Å². The molecular formula is C18H17ClFN3.